The second-order valence-electron chi connectivity index (χ2n) is 6.36. The highest BCUT2D eigenvalue weighted by molar-refractivity contribution is 6.32. The molecule has 0 saturated carbocycles. The number of benzene rings is 2. The minimum absolute atomic E-state index is 0.0655. The molecule has 0 spiro atoms. The van der Waals surface area contributed by atoms with Crippen LogP contribution in [0, 0.1) is 0 Å². The van der Waals surface area contributed by atoms with Crippen molar-refractivity contribution < 1.29 is 19.1 Å². The Balaban J connectivity index is 2.01. The average molecular weight is 405 g/mol. The van der Waals surface area contributed by atoms with E-state index in [0.717, 1.165) is 5.56 Å². The molecular formula is C21H25ClN2O4. The van der Waals surface area contributed by atoms with Crippen LogP contribution in [0.5, 0.6) is 11.5 Å². The maximum atomic E-state index is 12.4. The van der Waals surface area contributed by atoms with Gasteiger partial charge < -0.3 is 19.7 Å². The van der Waals surface area contributed by atoms with Crippen molar-refractivity contribution in [2.24, 2.45) is 0 Å². The average Bonchev–Trinajstić information content (AvgIpc) is 2.69. The van der Waals surface area contributed by atoms with Gasteiger partial charge in [0.05, 0.1) is 11.1 Å². The zero-order chi connectivity index (χ0) is 20.5. The summed E-state index contributed by atoms with van der Waals surface area (Å²) in [4.78, 5) is 25.6. The van der Waals surface area contributed by atoms with Gasteiger partial charge in [0.15, 0.2) is 13.2 Å². The lowest BCUT2D eigenvalue weighted by Gasteiger charge is -2.21. The fraction of sp³-hybridized carbons (Fsp3) is 0.333. The van der Waals surface area contributed by atoms with Gasteiger partial charge in [0.25, 0.3) is 11.8 Å². The number of carbonyl (C=O) groups excluding carboxylic acids is 2. The smallest absolute Gasteiger partial charge is 0.259 e. The summed E-state index contributed by atoms with van der Waals surface area (Å²) >= 11 is 6.04. The van der Waals surface area contributed by atoms with Crippen LogP contribution in [0.4, 0.5) is 0 Å². The van der Waals surface area contributed by atoms with Crippen molar-refractivity contribution in [1.82, 2.24) is 10.2 Å². The van der Waals surface area contributed by atoms with Crippen LogP contribution in [0.3, 0.4) is 0 Å². The molecule has 2 aromatic rings. The maximum absolute atomic E-state index is 12.4. The van der Waals surface area contributed by atoms with Crippen molar-refractivity contribution >= 4 is 23.4 Å². The number of ether oxygens (including phenoxy) is 2. The van der Waals surface area contributed by atoms with Crippen molar-refractivity contribution in [2.45, 2.75) is 19.4 Å². The minimum atomic E-state index is -0.272. The molecule has 7 heteroatoms. The molecule has 0 saturated heterocycles. The molecule has 0 aromatic heterocycles. The largest absolute Gasteiger partial charge is 0.483 e. The van der Waals surface area contributed by atoms with Crippen LogP contribution in [-0.2, 0) is 9.59 Å². The van der Waals surface area contributed by atoms with E-state index in [1.807, 2.05) is 25.1 Å². The number of hydrogen-bond acceptors (Lipinski definition) is 4. The molecular weight excluding hydrogens is 380 g/mol. The zero-order valence-electron chi connectivity index (χ0n) is 16.3. The number of hydrogen-bond donors (Lipinski definition) is 1. The predicted octanol–water partition coefficient (Wildman–Crippen LogP) is 3.45. The zero-order valence-corrected chi connectivity index (χ0v) is 17.0. The van der Waals surface area contributed by atoms with E-state index in [-0.39, 0.29) is 31.1 Å². The van der Waals surface area contributed by atoms with Crippen molar-refractivity contribution in [2.75, 3.05) is 27.3 Å². The molecule has 0 heterocycles. The first-order chi connectivity index (χ1) is 13.4. The number of amides is 2. The lowest BCUT2D eigenvalue weighted by Crippen LogP contribution is -2.33. The Morgan fingerprint density at radius 1 is 1.00 bits per heavy atom. The SMILES string of the molecule is CCC(NC(=O)COc1ccccc1Cl)c1ccccc1OCC(=O)N(C)C. The second-order valence-corrected chi connectivity index (χ2v) is 6.77. The number of rotatable bonds is 9. The molecule has 0 fully saturated rings. The first-order valence-electron chi connectivity index (χ1n) is 9.01. The van der Waals surface area contributed by atoms with Gasteiger partial charge in [-0.2, -0.15) is 0 Å². The third-order valence-corrected chi connectivity index (χ3v) is 4.40. The van der Waals surface area contributed by atoms with Crippen LogP contribution in [0.25, 0.3) is 0 Å². The molecule has 150 valence electrons. The third kappa shape index (κ3) is 6.16. The van der Waals surface area contributed by atoms with Crippen LogP contribution in [0.15, 0.2) is 48.5 Å². The third-order valence-electron chi connectivity index (χ3n) is 4.08. The summed E-state index contributed by atoms with van der Waals surface area (Å²) in [6.07, 6.45) is 0.653. The first kappa shape index (κ1) is 21.6. The molecule has 2 aromatic carbocycles. The molecule has 0 aliphatic heterocycles. The monoisotopic (exact) mass is 404 g/mol. The second kappa shape index (κ2) is 10.6. The van der Waals surface area contributed by atoms with E-state index in [9.17, 15) is 9.59 Å². The van der Waals surface area contributed by atoms with E-state index in [1.165, 1.54) is 4.90 Å². The van der Waals surface area contributed by atoms with E-state index in [1.54, 1.807) is 44.4 Å². The predicted molar refractivity (Wildman–Crippen MR) is 109 cm³/mol. The molecule has 1 unspecified atom stereocenters. The van der Waals surface area contributed by atoms with Gasteiger partial charge in [-0.3, -0.25) is 9.59 Å². The fourth-order valence-corrected chi connectivity index (χ4v) is 2.70. The maximum Gasteiger partial charge on any atom is 0.259 e. The molecule has 2 amide bonds. The Kier molecular flexibility index (Phi) is 8.14. The van der Waals surface area contributed by atoms with E-state index in [0.29, 0.717) is 22.9 Å². The molecule has 28 heavy (non-hydrogen) atoms. The van der Waals surface area contributed by atoms with Crippen molar-refractivity contribution in [1.29, 1.82) is 0 Å². The molecule has 2 rings (SSSR count). The minimum Gasteiger partial charge on any atom is -0.483 e. The molecule has 0 aliphatic rings. The van der Waals surface area contributed by atoms with E-state index in [2.05, 4.69) is 5.32 Å². The highest BCUT2D eigenvalue weighted by atomic mass is 35.5. The normalized spacial score (nSPS) is 11.4. The molecule has 1 atom stereocenters. The van der Waals surface area contributed by atoms with Gasteiger partial charge in [0, 0.05) is 19.7 Å². The van der Waals surface area contributed by atoms with E-state index in [4.69, 9.17) is 21.1 Å². The van der Waals surface area contributed by atoms with Crippen LogP contribution < -0.4 is 14.8 Å². The Morgan fingerprint density at radius 3 is 2.25 bits per heavy atom. The number of likely N-dealkylation sites (N-methyl/N-ethyl adjacent to an activating group) is 1. The Hall–Kier alpha value is -2.73. The lowest BCUT2D eigenvalue weighted by molar-refractivity contribution is -0.130. The van der Waals surface area contributed by atoms with Gasteiger partial charge in [-0.05, 0) is 24.6 Å². The van der Waals surface area contributed by atoms with Crippen molar-refractivity contribution in [3.8, 4) is 11.5 Å². The van der Waals surface area contributed by atoms with Crippen molar-refractivity contribution in [3.05, 3.63) is 59.1 Å². The molecule has 6 nitrogen and oxygen atoms in total. The molecule has 0 radical (unpaired) electrons. The van der Waals surface area contributed by atoms with Crippen LogP contribution in [-0.4, -0.2) is 44.0 Å². The highest BCUT2D eigenvalue weighted by Gasteiger charge is 2.18. The number of halogens is 1. The van der Waals surface area contributed by atoms with Gasteiger partial charge in [0.1, 0.15) is 11.5 Å². The van der Waals surface area contributed by atoms with Gasteiger partial charge in [-0.15, -0.1) is 0 Å². The lowest BCUT2D eigenvalue weighted by atomic mass is 10.0. The molecule has 0 bridgehead atoms. The van der Waals surface area contributed by atoms with Crippen LogP contribution >= 0.6 is 11.6 Å². The number of nitrogens with one attached hydrogen (secondary N) is 1. The topological polar surface area (TPSA) is 67.9 Å². The Morgan fingerprint density at radius 2 is 1.61 bits per heavy atom. The standard InChI is InChI=1S/C21H25ClN2O4/c1-4-17(23-20(25)13-27-19-12-8-6-10-16(19)22)15-9-5-7-11-18(15)28-14-21(26)24(2)3/h5-12,17H,4,13-14H2,1-3H3,(H,23,25). The molecule has 0 aliphatic carbocycles. The summed E-state index contributed by atoms with van der Waals surface area (Å²) in [7, 11) is 3.34. The van der Waals surface area contributed by atoms with Gasteiger partial charge in [-0.25, -0.2) is 0 Å². The summed E-state index contributed by atoms with van der Waals surface area (Å²) in [5.41, 5.74) is 0.808. The van der Waals surface area contributed by atoms with Gasteiger partial charge in [0.2, 0.25) is 0 Å². The number of carbonyl (C=O) groups is 2. The van der Waals surface area contributed by atoms with E-state index < -0.39 is 0 Å². The Labute approximate surface area is 170 Å². The Bertz CT molecular complexity index is 810. The summed E-state index contributed by atoms with van der Waals surface area (Å²) in [6.45, 7) is 1.74. The number of para-hydroxylation sites is 2. The van der Waals surface area contributed by atoms with Gasteiger partial charge in [-0.1, -0.05) is 48.9 Å². The first-order valence-corrected chi connectivity index (χ1v) is 9.38. The highest BCUT2D eigenvalue weighted by Crippen LogP contribution is 2.27. The summed E-state index contributed by atoms with van der Waals surface area (Å²) in [5, 5.41) is 3.39. The summed E-state index contributed by atoms with van der Waals surface area (Å²) in [6, 6.07) is 14.1. The van der Waals surface area contributed by atoms with Crippen molar-refractivity contribution in [3.63, 3.8) is 0 Å². The van der Waals surface area contributed by atoms with E-state index >= 15 is 0 Å². The van der Waals surface area contributed by atoms with Crippen LogP contribution in [0.2, 0.25) is 5.02 Å². The van der Waals surface area contributed by atoms with Gasteiger partial charge >= 0.3 is 0 Å². The fourth-order valence-electron chi connectivity index (χ4n) is 2.51. The molecule has 1 N–H and O–H groups in total. The quantitative estimate of drug-likeness (QED) is 0.695. The summed E-state index contributed by atoms with van der Waals surface area (Å²) in [5.74, 6) is 0.612. The van der Waals surface area contributed by atoms with Crippen LogP contribution in [0.1, 0.15) is 24.9 Å². The number of nitrogens with zero attached hydrogens (tertiary/aromatic N) is 1. The summed E-state index contributed by atoms with van der Waals surface area (Å²) < 4.78 is 11.2.